The molecule has 0 radical (unpaired) electrons. The van der Waals surface area contributed by atoms with E-state index in [9.17, 15) is 20.0 Å². The number of carbonyl (C=O) groups is 1. The molecule has 0 bridgehead atoms. The number of non-ortho nitro benzene ring substituents is 1. The molecule has 0 aromatic heterocycles. The van der Waals surface area contributed by atoms with Crippen LogP contribution in [0.2, 0.25) is 0 Å². The van der Waals surface area contributed by atoms with Crippen LogP contribution in [0.25, 0.3) is 0 Å². The summed E-state index contributed by atoms with van der Waals surface area (Å²) < 4.78 is 5.56. The maximum absolute atomic E-state index is 12.7. The normalized spacial score (nSPS) is 12.6. The number of benzene rings is 2. The lowest BCUT2D eigenvalue weighted by Crippen LogP contribution is -2.42. The van der Waals surface area contributed by atoms with Crippen molar-refractivity contribution in [3.8, 4) is 5.75 Å². The molecule has 0 spiro atoms. The number of ether oxygens (including phenoxy) is 1. The van der Waals surface area contributed by atoms with Crippen LogP contribution in [0.4, 0.5) is 5.69 Å². The van der Waals surface area contributed by atoms with Gasteiger partial charge >= 0.3 is 0 Å². The first-order valence-corrected chi connectivity index (χ1v) is 12.3. The van der Waals surface area contributed by atoms with Crippen molar-refractivity contribution in [3.63, 3.8) is 0 Å². The number of aryl methyl sites for hydroxylation is 1. The van der Waals surface area contributed by atoms with Gasteiger partial charge in [0, 0.05) is 17.7 Å². The number of aliphatic hydroxyl groups is 1. The summed E-state index contributed by atoms with van der Waals surface area (Å²) in [6.45, 7) is 5.77. The molecule has 6 nitrogen and oxygen atoms in total. The van der Waals surface area contributed by atoms with E-state index in [0.29, 0.717) is 5.75 Å². The molecule has 0 aliphatic carbocycles. The Labute approximate surface area is 202 Å². The first-order valence-electron chi connectivity index (χ1n) is 12.3. The largest absolute Gasteiger partial charge is 0.451 e. The van der Waals surface area contributed by atoms with Crippen LogP contribution in [0.5, 0.6) is 5.75 Å². The molecule has 34 heavy (non-hydrogen) atoms. The number of hydrogen-bond acceptors (Lipinski definition) is 5. The van der Waals surface area contributed by atoms with Crippen molar-refractivity contribution in [2.75, 3.05) is 0 Å². The number of nitro groups is 1. The van der Waals surface area contributed by atoms with E-state index in [0.717, 1.165) is 18.9 Å². The number of Topliss-reactive ketones (excluding diaryl/α,β-unsaturated/α-hetero) is 1. The monoisotopic (exact) mass is 467 g/mol. The Balaban J connectivity index is 1.79. The first kappa shape index (κ1) is 27.3. The maximum atomic E-state index is 12.7. The molecule has 2 aromatic rings. The lowest BCUT2D eigenvalue weighted by molar-refractivity contribution is -0.384. The Morgan fingerprint density at radius 2 is 1.47 bits per heavy atom. The van der Waals surface area contributed by atoms with Gasteiger partial charge in [-0.1, -0.05) is 83.4 Å². The summed E-state index contributed by atoms with van der Waals surface area (Å²) in [5.74, 6) is -2.68. The Hall–Kier alpha value is -2.99. The summed E-state index contributed by atoms with van der Waals surface area (Å²) in [6, 6.07) is 12.3. The molecule has 2 rings (SSSR count). The van der Waals surface area contributed by atoms with E-state index in [1.165, 1.54) is 87.6 Å². The summed E-state index contributed by atoms with van der Waals surface area (Å²) in [5, 5.41) is 21.5. The highest BCUT2D eigenvalue weighted by molar-refractivity contribution is 6.02. The standard InChI is InChI=1S/C28H37NO5/c1-3-5-6-7-8-9-10-11-12-13-14-23-15-21-26(22-16-23)34-28(31,4-2)27(30)24-17-19-25(20-18-24)29(32)33/h4,15-22,31H,2-3,5-14H2,1H3. The zero-order valence-corrected chi connectivity index (χ0v) is 20.2. The zero-order chi connectivity index (χ0) is 24.8. The lowest BCUT2D eigenvalue weighted by Gasteiger charge is -2.24. The fourth-order valence-electron chi connectivity index (χ4n) is 3.84. The van der Waals surface area contributed by atoms with Crippen LogP contribution in [0.1, 0.15) is 87.1 Å². The Morgan fingerprint density at radius 1 is 0.941 bits per heavy atom. The summed E-state index contributed by atoms with van der Waals surface area (Å²) in [5.41, 5.74) is 1.12. The van der Waals surface area contributed by atoms with Gasteiger partial charge in [0.1, 0.15) is 5.75 Å². The number of carbonyl (C=O) groups excluding carboxylic acids is 1. The zero-order valence-electron chi connectivity index (χ0n) is 20.2. The SMILES string of the molecule is C=CC(O)(Oc1ccc(CCCCCCCCCCCC)cc1)C(=O)c1ccc([N+](=O)[O-])cc1. The minimum atomic E-state index is -2.27. The average molecular weight is 468 g/mol. The first-order chi connectivity index (χ1) is 16.4. The number of ketones is 1. The third kappa shape index (κ3) is 8.75. The molecule has 0 saturated carbocycles. The maximum Gasteiger partial charge on any atom is 0.292 e. The third-order valence-electron chi connectivity index (χ3n) is 5.96. The second kappa shape index (κ2) is 14.3. The van der Waals surface area contributed by atoms with Crippen LogP contribution in [0.3, 0.4) is 0 Å². The lowest BCUT2D eigenvalue weighted by atomic mass is 10.0. The molecule has 1 atom stereocenters. The predicted octanol–water partition coefficient (Wildman–Crippen LogP) is 7.19. The van der Waals surface area contributed by atoms with Crippen molar-refractivity contribution in [1.29, 1.82) is 0 Å². The number of hydrogen-bond donors (Lipinski definition) is 1. The Morgan fingerprint density at radius 3 is 1.97 bits per heavy atom. The van der Waals surface area contributed by atoms with E-state index in [-0.39, 0.29) is 11.3 Å². The van der Waals surface area contributed by atoms with Crippen molar-refractivity contribution >= 4 is 11.5 Å². The molecule has 2 aromatic carbocycles. The van der Waals surface area contributed by atoms with Crippen molar-refractivity contribution in [3.05, 3.63) is 82.4 Å². The number of rotatable bonds is 17. The van der Waals surface area contributed by atoms with E-state index < -0.39 is 16.5 Å². The van der Waals surface area contributed by atoms with E-state index in [1.807, 2.05) is 12.1 Å². The van der Waals surface area contributed by atoms with Crippen molar-refractivity contribution in [2.45, 2.75) is 83.3 Å². The van der Waals surface area contributed by atoms with Gasteiger partial charge in [-0.3, -0.25) is 14.9 Å². The Kier molecular flexibility index (Phi) is 11.5. The molecule has 0 amide bonds. The smallest absolute Gasteiger partial charge is 0.292 e. The minimum Gasteiger partial charge on any atom is -0.451 e. The highest BCUT2D eigenvalue weighted by atomic mass is 16.6. The molecule has 184 valence electrons. The molecule has 1 N–H and O–H groups in total. The minimum absolute atomic E-state index is 0.0885. The van der Waals surface area contributed by atoms with Gasteiger partial charge in [-0.05, 0) is 48.7 Å². The van der Waals surface area contributed by atoms with Gasteiger partial charge in [0.25, 0.3) is 11.5 Å². The van der Waals surface area contributed by atoms with Crippen molar-refractivity contribution < 1.29 is 19.6 Å². The molecule has 0 heterocycles. The summed E-state index contributed by atoms with van der Waals surface area (Å²) >= 11 is 0. The van der Waals surface area contributed by atoms with Crippen LogP contribution in [-0.4, -0.2) is 21.6 Å². The van der Waals surface area contributed by atoms with Crippen LogP contribution < -0.4 is 4.74 Å². The average Bonchev–Trinajstić information content (AvgIpc) is 2.85. The van der Waals surface area contributed by atoms with Gasteiger partial charge in [0.15, 0.2) is 0 Å². The highest BCUT2D eigenvalue weighted by Gasteiger charge is 2.36. The fourth-order valence-corrected chi connectivity index (χ4v) is 3.84. The van der Waals surface area contributed by atoms with Crippen molar-refractivity contribution in [1.82, 2.24) is 0 Å². The molecule has 6 heteroatoms. The van der Waals surface area contributed by atoms with E-state index in [4.69, 9.17) is 4.74 Å². The third-order valence-corrected chi connectivity index (χ3v) is 5.96. The van der Waals surface area contributed by atoms with Crippen molar-refractivity contribution in [2.24, 2.45) is 0 Å². The van der Waals surface area contributed by atoms with Crippen LogP contribution in [0.15, 0.2) is 61.2 Å². The molecule has 0 fully saturated rings. The molecule has 0 aliphatic heterocycles. The topological polar surface area (TPSA) is 89.7 Å². The van der Waals surface area contributed by atoms with Gasteiger partial charge in [-0.15, -0.1) is 0 Å². The summed E-state index contributed by atoms with van der Waals surface area (Å²) in [6.07, 6.45) is 15.0. The van der Waals surface area contributed by atoms with Crippen LogP contribution in [-0.2, 0) is 6.42 Å². The quantitative estimate of drug-likeness (QED) is 0.0664. The molecular weight excluding hydrogens is 430 g/mol. The molecule has 0 aliphatic rings. The van der Waals surface area contributed by atoms with Crippen LogP contribution >= 0.6 is 0 Å². The second-order valence-electron chi connectivity index (χ2n) is 8.71. The van der Waals surface area contributed by atoms with Gasteiger partial charge in [-0.2, -0.15) is 0 Å². The predicted molar refractivity (Wildman–Crippen MR) is 135 cm³/mol. The number of nitrogens with zero attached hydrogens (tertiary/aromatic N) is 1. The van der Waals surface area contributed by atoms with E-state index in [1.54, 1.807) is 12.1 Å². The van der Waals surface area contributed by atoms with E-state index in [2.05, 4.69) is 13.5 Å². The highest BCUT2D eigenvalue weighted by Crippen LogP contribution is 2.24. The van der Waals surface area contributed by atoms with Gasteiger partial charge in [-0.25, -0.2) is 0 Å². The molecule has 1 unspecified atom stereocenters. The van der Waals surface area contributed by atoms with Crippen LogP contribution in [0, 0.1) is 10.1 Å². The summed E-state index contributed by atoms with van der Waals surface area (Å²) in [7, 11) is 0. The fraction of sp³-hybridized carbons (Fsp3) is 0.464. The second-order valence-corrected chi connectivity index (χ2v) is 8.71. The Bertz CT molecular complexity index is 907. The summed E-state index contributed by atoms with van der Waals surface area (Å²) in [4.78, 5) is 23.0. The van der Waals surface area contributed by atoms with Gasteiger partial charge in [0.2, 0.25) is 5.78 Å². The van der Waals surface area contributed by atoms with Gasteiger partial charge < -0.3 is 9.84 Å². The number of nitro benzene ring substituents is 1. The van der Waals surface area contributed by atoms with Gasteiger partial charge in [0.05, 0.1) is 4.92 Å². The molecular formula is C28H37NO5. The molecule has 0 saturated heterocycles. The van der Waals surface area contributed by atoms with E-state index >= 15 is 0 Å². The number of unbranched alkanes of at least 4 members (excludes halogenated alkanes) is 9.